The van der Waals surface area contributed by atoms with Gasteiger partial charge in [0.25, 0.3) is 5.56 Å². The second-order valence-corrected chi connectivity index (χ2v) is 7.20. The predicted molar refractivity (Wildman–Crippen MR) is 94.7 cm³/mol. The van der Waals surface area contributed by atoms with Crippen LogP contribution in [0.1, 0.15) is 5.56 Å². The summed E-state index contributed by atoms with van der Waals surface area (Å²) in [6, 6.07) is 9.35. The van der Waals surface area contributed by atoms with Gasteiger partial charge in [-0.1, -0.05) is 23.7 Å². The van der Waals surface area contributed by atoms with Crippen molar-refractivity contribution in [1.29, 1.82) is 0 Å². The Balaban J connectivity index is 1.60. The third-order valence-electron chi connectivity index (χ3n) is 3.14. The summed E-state index contributed by atoms with van der Waals surface area (Å²) in [5.74, 6) is 0.343. The predicted octanol–water partition coefficient (Wildman–Crippen LogP) is 3.18. The van der Waals surface area contributed by atoms with E-state index in [9.17, 15) is 4.79 Å². The number of anilines is 1. The van der Waals surface area contributed by atoms with E-state index >= 15 is 0 Å². The molecular formula is C15H15ClN5O2P. The van der Waals surface area contributed by atoms with E-state index in [1.165, 1.54) is 10.9 Å². The van der Waals surface area contributed by atoms with Crippen molar-refractivity contribution in [3.05, 3.63) is 69.9 Å². The molecular weight excluding hydrogens is 349 g/mol. The summed E-state index contributed by atoms with van der Waals surface area (Å²) in [7, 11) is -0.799. The van der Waals surface area contributed by atoms with E-state index in [4.69, 9.17) is 16.2 Å². The lowest BCUT2D eigenvalue weighted by molar-refractivity contribution is 0.450. The Bertz CT molecular complexity index is 851. The molecule has 0 aliphatic rings. The van der Waals surface area contributed by atoms with Crippen molar-refractivity contribution in [2.24, 2.45) is 0 Å². The third-order valence-corrected chi connectivity index (χ3v) is 4.60. The van der Waals surface area contributed by atoms with Gasteiger partial charge >= 0.3 is 0 Å². The Morgan fingerprint density at radius 3 is 2.83 bits per heavy atom. The van der Waals surface area contributed by atoms with Crippen molar-refractivity contribution < 1.29 is 4.62 Å². The number of H-pyrrole nitrogens is 1. The van der Waals surface area contributed by atoms with E-state index in [0.717, 1.165) is 11.7 Å². The molecule has 1 aromatic carbocycles. The first-order valence-corrected chi connectivity index (χ1v) is 9.37. The minimum atomic E-state index is -0.799. The molecule has 2 N–H and O–H groups in total. The molecule has 124 valence electrons. The second-order valence-electron chi connectivity index (χ2n) is 5.01. The number of rotatable bonds is 6. The van der Waals surface area contributed by atoms with E-state index in [-0.39, 0.29) is 11.2 Å². The first kappa shape index (κ1) is 16.6. The molecule has 0 amide bonds. The Hall–Kier alpha value is -2.21. The van der Waals surface area contributed by atoms with Crippen molar-refractivity contribution in [3.8, 4) is 5.95 Å². The van der Waals surface area contributed by atoms with Gasteiger partial charge < -0.3 is 0 Å². The summed E-state index contributed by atoms with van der Waals surface area (Å²) in [5.41, 5.74) is 3.72. The summed E-state index contributed by atoms with van der Waals surface area (Å²) < 4.78 is 7.04. The molecule has 3 rings (SSSR count). The van der Waals surface area contributed by atoms with Gasteiger partial charge in [-0.3, -0.25) is 19.9 Å². The molecule has 0 spiro atoms. The van der Waals surface area contributed by atoms with Crippen LogP contribution in [0.2, 0.25) is 5.02 Å². The fourth-order valence-electron chi connectivity index (χ4n) is 1.98. The monoisotopic (exact) mass is 363 g/mol. The molecule has 1 atom stereocenters. The minimum absolute atomic E-state index is 0.247. The van der Waals surface area contributed by atoms with Gasteiger partial charge in [0.15, 0.2) is 0 Å². The van der Waals surface area contributed by atoms with Crippen LogP contribution in [0.5, 0.6) is 0 Å². The highest BCUT2D eigenvalue weighted by Crippen LogP contribution is 2.36. The van der Waals surface area contributed by atoms with Crippen molar-refractivity contribution in [2.45, 2.75) is 6.16 Å². The molecule has 0 fully saturated rings. The van der Waals surface area contributed by atoms with E-state index in [1.807, 2.05) is 30.9 Å². The van der Waals surface area contributed by atoms with Crippen molar-refractivity contribution in [3.63, 3.8) is 0 Å². The minimum Gasteiger partial charge on any atom is -0.289 e. The number of benzene rings is 1. The van der Waals surface area contributed by atoms with Gasteiger partial charge in [0.05, 0.1) is 14.3 Å². The number of hydrogen-bond acceptors (Lipinski definition) is 5. The van der Waals surface area contributed by atoms with Gasteiger partial charge in [-0.2, -0.15) is 5.10 Å². The van der Waals surface area contributed by atoms with E-state index in [0.29, 0.717) is 11.0 Å². The first-order chi connectivity index (χ1) is 11.6. The van der Waals surface area contributed by atoms with Crippen LogP contribution in [0.15, 0.2) is 53.7 Å². The van der Waals surface area contributed by atoms with Crippen molar-refractivity contribution in [1.82, 2.24) is 19.7 Å². The normalized spacial score (nSPS) is 12.1. The largest absolute Gasteiger partial charge is 0.289 e. The number of aromatic nitrogens is 4. The van der Waals surface area contributed by atoms with Gasteiger partial charge in [0, 0.05) is 23.6 Å². The summed E-state index contributed by atoms with van der Waals surface area (Å²) in [4.78, 5) is 18.8. The lowest BCUT2D eigenvalue weighted by atomic mass is 10.2. The lowest BCUT2D eigenvalue weighted by Crippen LogP contribution is -2.17. The zero-order valence-electron chi connectivity index (χ0n) is 12.8. The Morgan fingerprint density at radius 1 is 1.38 bits per heavy atom. The number of halogens is 1. The average molecular weight is 364 g/mol. The first-order valence-electron chi connectivity index (χ1n) is 7.10. The van der Waals surface area contributed by atoms with Crippen LogP contribution in [0.4, 0.5) is 5.69 Å². The molecule has 1 unspecified atom stereocenters. The molecule has 3 aromatic rings. The molecule has 0 aliphatic carbocycles. The summed E-state index contributed by atoms with van der Waals surface area (Å²) in [6.07, 6.45) is 5.47. The summed E-state index contributed by atoms with van der Waals surface area (Å²) in [5, 5.41) is 4.71. The standard InChI is InChI=1S/C15H15ClN5O2P/c1-24(10-11-3-5-12(16)6-4-11)23-20-13-9-17-15(19-14(13)22)21-8-2-7-18-21/h2-9,20H,10H2,1H3,(H,17,19,22). The molecule has 7 nitrogen and oxygen atoms in total. The van der Waals surface area contributed by atoms with Crippen LogP contribution < -0.4 is 11.0 Å². The second kappa shape index (κ2) is 7.57. The lowest BCUT2D eigenvalue weighted by Gasteiger charge is -2.13. The third kappa shape index (κ3) is 4.20. The van der Waals surface area contributed by atoms with E-state index in [2.05, 4.69) is 20.5 Å². The van der Waals surface area contributed by atoms with Gasteiger partial charge in [0.2, 0.25) is 5.95 Å². The van der Waals surface area contributed by atoms with Crippen molar-refractivity contribution >= 4 is 25.4 Å². The zero-order chi connectivity index (χ0) is 16.9. The average Bonchev–Trinajstić information content (AvgIpc) is 3.10. The van der Waals surface area contributed by atoms with Crippen molar-refractivity contribution in [2.75, 3.05) is 12.1 Å². The highest BCUT2D eigenvalue weighted by molar-refractivity contribution is 7.50. The maximum absolute atomic E-state index is 12.1. The Labute approximate surface area is 144 Å². The van der Waals surface area contributed by atoms with Crippen LogP contribution in [-0.2, 0) is 10.8 Å². The van der Waals surface area contributed by atoms with Crippen LogP contribution in [0.25, 0.3) is 5.95 Å². The van der Waals surface area contributed by atoms with Crippen LogP contribution in [0.3, 0.4) is 0 Å². The Morgan fingerprint density at radius 2 is 2.17 bits per heavy atom. The number of hydrogen-bond donors (Lipinski definition) is 2. The molecule has 0 aliphatic heterocycles. The fourth-order valence-corrected chi connectivity index (χ4v) is 3.14. The maximum atomic E-state index is 12.1. The van der Waals surface area contributed by atoms with Gasteiger partial charge in [-0.15, -0.1) is 0 Å². The molecule has 24 heavy (non-hydrogen) atoms. The smallest absolute Gasteiger partial charge is 0.278 e. The van der Waals surface area contributed by atoms with E-state index in [1.54, 1.807) is 18.5 Å². The zero-order valence-corrected chi connectivity index (χ0v) is 14.5. The molecule has 0 saturated carbocycles. The summed E-state index contributed by atoms with van der Waals surface area (Å²) >= 11 is 5.87. The van der Waals surface area contributed by atoms with Crippen LogP contribution >= 0.6 is 19.7 Å². The molecule has 0 saturated heterocycles. The van der Waals surface area contributed by atoms with Gasteiger partial charge in [-0.25, -0.2) is 9.67 Å². The fraction of sp³-hybridized carbons (Fsp3) is 0.133. The summed E-state index contributed by atoms with van der Waals surface area (Å²) in [6.45, 7) is 1.97. The number of nitrogens with one attached hydrogen (secondary N) is 2. The van der Waals surface area contributed by atoms with Gasteiger partial charge in [-0.05, 0) is 30.4 Å². The topological polar surface area (TPSA) is 84.8 Å². The molecule has 0 bridgehead atoms. The molecule has 2 heterocycles. The highest BCUT2D eigenvalue weighted by atomic mass is 35.5. The quantitative estimate of drug-likeness (QED) is 0.519. The Kier molecular flexibility index (Phi) is 5.25. The maximum Gasteiger partial charge on any atom is 0.278 e. The number of nitrogens with zero attached hydrogens (tertiary/aromatic N) is 3. The SMILES string of the molecule is CP(Cc1ccc(Cl)cc1)ONc1cnc(-n2cccn2)[nH]c1=O. The van der Waals surface area contributed by atoms with Crippen LogP contribution in [0, 0.1) is 0 Å². The van der Waals surface area contributed by atoms with E-state index < -0.39 is 8.15 Å². The van der Waals surface area contributed by atoms with Gasteiger partial charge in [0.1, 0.15) is 5.69 Å². The molecule has 9 heteroatoms. The molecule has 2 aromatic heterocycles. The van der Waals surface area contributed by atoms with Crippen LogP contribution in [-0.4, -0.2) is 26.4 Å². The highest BCUT2D eigenvalue weighted by Gasteiger charge is 2.08. The number of aromatic amines is 1. The molecule has 0 radical (unpaired) electrons.